The average Bonchev–Trinajstić information content (AvgIpc) is 3.23. The van der Waals surface area contributed by atoms with Gasteiger partial charge in [-0.2, -0.15) is 0 Å². The Morgan fingerprint density at radius 1 is 0.938 bits per heavy atom. The quantitative estimate of drug-likeness (QED) is 0.372. The number of carbonyl (C=O) groups excluding carboxylic acids is 1. The van der Waals surface area contributed by atoms with Gasteiger partial charge < -0.3 is 16.2 Å². The molecule has 0 aliphatic heterocycles. The fourth-order valence-corrected chi connectivity index (χ4v) is 4.28. The molecule has 4 aromatic carbocycles. The van der Waals surface area contributed by atoms with E-state index in [1.807, 2.05) is 60.0 Å². The van der Waals surface area contributed by atoms with Gasteiger partial charge in [-0.3, -0.25) is 9.59 Å². The van der Waals surface area contributed by atoms with Gasteiger partial charge in [0, 0.05) is 33.0 Å². The summed E-state index contributed by atoms with van der Waals surface area (Å²) in [5.74, 6) is -0.431. The molecule has 0 saturated carbocycles. The van der Waals surface area contributed by atoms with Crippen molar-refractivity contribution in [3.05, 3.63) is 82.3 Å². The lowest BCUT2D eigenvalue weighted by Gasteiger charge is -2.09. The van der Waals surface area contributed by atoms with E-state index in [0.29, 0.717) is 5.69 Å². The zero-order chi connectivity index (χ0) is 22.2. The maximum absolute atomic E-state index is 11.8. The van der Waals surface area contributed by atoms with Gasteiger partial charge in [0.25, 0.3) is 0 Å². The normalized spacial score (nSPS) is 12.3. The summed E-state index contributed by atoms with van der Waals surface area (Å²) < 4.78 is 0. The van der Waals surface area contributed by atoms with Crippen LogP contribution in [0.3, 0.4) is 0 Å². The molecule has 6 nitrogen and oxygen atoms in total. The summed E-state index contributed by atoms with van der Waals surface area (Å²) in [6.45, 7) is -0.403. The van der Waals surface area contributed by atoms with E-state index in [9.17, 15) is 9.59 Å². The van der Waals surface area contributed by atoms with Crippen LogP contribution in [0.1, 0.15) is 0 Å². The van der Waals surface area contributed by atoms with Gasteiger partial charge in [-0.1, -0.05) is 42.5 Å². The minimum Gasteiger partial charge on any atom is -0.394 e. The van der Waals surface area contributed by atoms with Crippen molar-refractivity contribution in [2.24, 2.45) is 5.73 Å². The summed E-state index contributed by atoms with van der Waals surface area (Å²) in [5.41, 5.74) is 11.2. The molecule has 0 fully saturated rings. The Morgan fingerprint density at radius 3 is 2.28 bits per heavy atom. The van der Waals surface area contributed by atoms with Crippen molar-refractivity contribution in [1.29, 1.82) is 0 Å². The standard InChI is InChI=1S/C25H19N3O3S/c26-21(12-29)24(31)27-18-8-5-15(6-9-18)22-13-32-25(28-22)16-3-1-14(2-4-16)17-7-10-19-20(11-17)23(19)30/h1-11,13,21,29H,12,26H2,(H,27,31). The largest absolute Gasteiger partial charge is 0.394 e. The fraction of sp³-hybridized carbons (Fsp3) is 0.0800. The molecule has 1 unspecified atom stereocenters. The molecule has 1 atom stereocenters. The summed E-state index contributed by atoms with van der Waals surface area (Å²) in [5, 5.41) is 16.2. The third-order valence-electron chi connectivity index (χ3n) is 5.40. The van der Waals surface area contributed by atoms with Crippen LogP contribution in [0.5, 0.6) is 0 Å². The SMILES string of the molecule is NC(CO)C(=O)Nc1ccc(-c2csc(-c3ccc(-c4ccc5c(=O)c5c4)cc3)n2)cc1. The van der Waals surface area contributed by atoms with Crippen LogP contribution >= 0.6 is 11.3 Å². The van der Waals surface area contributed by atoms with Crippen molar-refractivity contribution in [1.82, 2.24) is 4.98 Å². The monoisotopic (exact) mass is 441 g/mol. The van der Waals surface area contributed by atoms with Crippen LogP contribution in [0.25, 0.3) is 43.7 Å². The number of nitrogens with two attached hydrogens (primary N) is 1. The lowest BCUT2D eigenvalue weighted by Crippen LogP contribution is -2.38. The highest BCUT2D eigenvalue weighted by Gasteiger charge is 2.14. The predicted octanol–water partition coefficient (Wildman–Crippen LogP) is 3.79. The second kappa shape index (κ2) is 8.12. The number of benzene rings is 3. The highest BCUT2D eigenvalue weighted by atomic mass is 32.1. The molecule has 1 amide bonds. The highest BCUT2D eigenvalue weighted by Crippen LogP contribution is 2.32. The summed E-state index contributed by atoms with van der Waals surface area (Å²) in [4.78, 5) is 28.1. The number of aliphatic hydroxyl groups is 1. The number of aromatic nitrogens is 1. The van der Waals surface area contributed by atoms with Gasteiger partial charge in [0.15, 0.2) is 5.43 Å². The fourth-order valence-electron chi connectivity index (χ4n) is 3.45. The van der Waals surface area contributed by atoms with E-state index in [2.05, 4.69) is 5.32 Å². The van der Waals surface area contributed by atoms with E-state index in [0.717, 1.165) is 43.7 Å². The molecule has 1 aromatic heterocycles. The number of carbonyl (C=O) groups is 1. The van der Waals surface area contributed by atoms with Crippen LogP contribution < -0.4 is 16.5 Å². The van der Waals surface area contributed by atoms with Crippen LogP contribution in [0.2, 0.25) is 0 Å². The zero-order valence-corrected chi connectivity index (χ0v) is 17.7. The van der Waals surface area contributed by atoms with Crippen LogP contribution in [0.4, 0.5) is 5.69 Å². The average molecular weight is 442 g/mol. The molecule has 1 heterocycles. The van der Waals surface area contributed by atoms with Gasteiger partial charge in [-0.25, -0.2) is 4.98 Å². The first-order valence-electron chi connectivity index (χ1n) is 10.1. The maximum atomic E-state index is 11.8. The number of nitrogens with zero attached hydrogens (tertiary/aromatic N) is 1. The highest BCUT2D eigenvalue weighted by molar-refractivity contribution is 7.13. The van der Waals surface area contributed by atoms with E-state index in [4.69, 9.17) is 15.8 Å². The molecular weight excluding hydrogens is 422 g/mol. The molecule has 5 rings (SSSR count). The number of hydrogen-bond acceptors (Lipinski definition) is 6. The van der Waals surface area contributed by atoms with E-state index in [-0.39, 0.29) is 5.43 Å². The summed E-state index contributed by atoms with van der Waals surface area (Å²) >= 11 is 1.56. The number of rotatable bonds is 6. The van der Waals surface area contributed by atoms with Crippen molar-refractivity contribution < 1.29 is 9.90 Å². The first kappa shape index (κ1) is 20.3. The van der Waals surface area contributed by atoms with Gasteiger partial charge >= 0.3 is 0 Å². The molecule has 7 heteroatoms. The van der Waals surface area contributed by atoms with Crippen molar-refractivity contribution in [3.63, 3.8) is 0 Å². The zero-order valence-electron chi connectivity index (χ0n) is 16.9. The van der Waals surface area contributed by atoms with Crippen LogP contribution in [0, 0.1) is 0 Å². The van der Waals surface area contributed by atoms with Crippen LogP contribution in [-0.4, -0.2) is 28.6 Å². The molecule has 32 heavy (non-hydrogen) atoms. The lowest BCUT2D eigenvalue weighted by molar-refractivity contribution is -0.118. The molecule has 5 aromatic rings. The minimum atomic E-state index is -0.946. The topological polar surface area (TPSA) is 105 Å². The second-order valence-electron chi connectivity index (χ2n) is 7.56. The first-order chi connectivity index (χ1) is 15.5. The number of nitrogens with one attached hydrogen (secondary N) is 1. The summed E-state index contributed by atoms with van der Waals surface area (Å²) in [6, 6.07) is 20.3. The van der Waals surface area contributed by atoms with E-state index >= 15 is 0 Å². The van der Waals surface area contributed by atoms with Crippen LogP contribution in [-0.2, 0) is 4.79 Å². The molecule has 0 bridgehead atoms. The molecule has 0 aliphatic carbocycles. The van der Waals surface area contributed by atoms with E-state index < -0.39 is 18.6 Å². The smallest absolute Gasteiger partial charge is 0.243 e. The Kier molecular flexibility index (Phi) is 5.14. The molecule has 0 spiro atoms. The Morgan fingerprint density at radius 2 is 1.59 bits per heavy atom. The third kappa shape index (κ3) is 3.85. The number of amides is 1. The van der Waals surface area contributed by atoms with Crippen molar-refractivity contribution in [3.8, 4) is 33.0 Å². The van der Waals surface area contributed by atoms with E-state index in [1.165, 1.54) is 0 Å². The van der Waals surface area contributed by atoms with Crippen molar-refractivity contribution >= 4 is 33.7 Å². The van der Waals surface area contributed by atoms with Gasteiger partial charge in [-0.15, -0.1) is 11.3 Å². The maximum Gasteiger partial charge on any atom is 0.243 e. The third-order valence-corrected chi connectivity index (χ3v) is 6.29. The van der Waals surface area contributed by atoms with Crippen molar-refractivity contribution in [2.45, 2.75) is 6.04 Å². The molecule has 4 N–H and O–H groups in total. The molecule has 0 aliphatic rings. The summed E-state index contributed by atoms with van der Waals surface area (Å²) in [6.07, 6.45) is 0. The first-order valence-corrected chi connectivity index (χ1v) is 10.9. The number of aliphatic hydroxyl groups excluding tert-OH is 1. The predicted molar refractivity (Wildman–Crippen MR) is 128 cm³/mol. The molecular formula is C25H19N3O3S. The van der Waals surface area contributed by atoms with E-state index in [1.54, 1.807) is 23.5 Å². The molecule has 158 valence electrons. The van der Waals surface area contributed by atoms with Crippen LogP contribution in [0.15, 0.2) is 76.9 Å². The number of anilines is 1. The molecule has 0 radical (unpaired) electrons. The minimum absolute atomic E-state index is 0.146. The van der Waals surface area contributed by atoms with Gasteiger partial charge in [0.2, 0.25) is 5.91 Å². The second-order valence-corrected chi connectivity index (χ2v) is 8.42. The van der Waals surface area contributed by atoms with Gasteiger partial charge in [-0.05, 0) is 35.4 Å². The summed E-state index contributed by atoms with van der Waals surface area (Å²) in [7, 11) is 0. The number of hydrogen-bond donors (Lipinski definition) is 3. The molecule has 0 saturated heterocycles. The lowest BCUT2D eigenvalue weighted by atomic mass is 10.0. The van der Waals surface area contributed by atoms with Gasteiger partial charge in [0.05, 0.1) is 12.3 Å². The van der Waals surface area contributed by atoms with Gasteiger partial charge in [0.1, 0.15) is 11.0 Å². The van der Waals surface area contributed by atoms with Crippen molar-refractivity contribution in [2.75, 3.05) is 11.9 Å². The number of fused-ring (bicyclic) bond motifs is 1. The number of thiazole rings is 1. The Labute approximate surface area is 187 Å². The Bertz CT molecular complexity index is 1430. The Balaban J connectivity index is 1.31. The Hall–Kier alpha value is -3.65.